The van der Waals surface area contributed by atoms with Crippen molar-refractivity contribution in [3.63, 3.8) is 0 Å². The molecule has 1 heterocycles. The number of Topliss-reactive ketones (excluding diaryl/α,β-unsaturated/α-hetero) is 1. The molecular formula is C23H25BrN2O. The fourth-order valence-electron chi connectivity index (χ4n) is 4.12. The smallest absolute Gasteiger partial charge is 0.163 e. The highest BCUT2D eigenvalue weighted by atomic mass is 79.9. The Balaban J connectivity index is 1.90. The third-order valence-corrected chi connectivity index (χ3v) is 6.16. The minimum absolute atomic E-state index is 0.0303. The number of aryl methyl sites for hydroxylation is 2. The molecule has 0 spiro atoms. The molecule has 27 heavy (non-hydrogen) atoms. The number of fused-ring (bicyclic) bond motifs is 1. The van der Waals surface area contributed by atoms with Crippen molar-refractivity contribution in [2.24, 2.45) is 5.41 Å². The summed E-state index contributed by atoms with van der Waals surface area (Å²) in [4.78, 5) is 13.2. The standard InChI is InChI=1S/C23H25BrN2O/c1-13-9-17-18(10-14(13)2)26-22(15-5-7-16(24)8-6-15)21-19(25-17)11-23(3,4)12-20(21)27/h5-10,22,25-26H,11-12H2,1-4H3/t22-/m0/s1. The number of rotatable bonds is 1. The van der Waals surface area contributed by atoms with Gasteiger partial charge in [-0.25, -0.2) is 0 Å². The molecule has 1 aliphatic carbocycles. The molecule has 0 aromatic heterocycles. The predicted octanol–water partition coefficient (Wildman–Crippen LogP) is 6.29. The first kappa shape index (κ1) is 18.3. The molecule has 0 saturated heterocycles. The summed E-state index contributed by atoms with van der Waals surface area (Å²) in [6.07, 6.45) is 1.45. The summed E-state index contributed by atoms with van der Waals surface area (Å²) in [6.45, 7) is 8.59. The molecule has 0 fully saturated rings. The largest absolute Gasteiger partial charge is 0.372 e. The lowest BCUT2D eigenvalue weighted by Gasteiger charge is -2.34. The van der Waals surface area contributed by atoms with Gasteiger partial charge < -0.3 is 10.6 Å². The minimum atomic E-state index is -0.146. The molecule has 4 rings (SSSR count). The quantitative estimate of drug-likeness (QED) is 0.564. The van der Waals surface area contributed by atoms with Gasteiger partial charge in [0, 0.05) is 22.2 Å². The molecule has 0 radical (unpaired) electrons. The highest BCUT2D eigenvalue weighted by molar-refractivity contribution is 9.10. The normalized spacial score (nSPS) is 20.9. The zero-order chi connectivity index (χ0) is 19.3. The van der Waals surface area contributed by atoms with Crippen molar-refractivity contribution < 1.29 is 4.79 Å². The average Bonchev–Trinajstić information content (AvgIpc) is 2.71. The Kier molecular flexibility index (Phi) is 4.42. The average molecular weight is 425 g/mol. The number of allylic oxidation sites excluding steroid dienone is 1. The van der Waals surface area contributed by atoms with Crippen LogP contribution in [0.2, 0.25) is 0 Å². The van der Waals surface area contributed by atoms with Gasteiger partial charge in [0.1, 0.15) is 0 Å². The summed E-state index contributed by atoms with van der Waals surface area (Å²) in [6, 6.07) is 12.5. The maximum Gasteiger partial charge on any atom is 0.163 e. The summed E-state index contributed by atoms with van der Waals surface area (Å²) in [7, 11) is 0. The van der Waals surface area contributed by atoms with Crippen molar-refractivity contribution >= 4 is 33.1 Å². The first-order chi connectivity index (χ1) is 12.7. The van der Waals surface area contributed by atoms with E-state index in [4.69, 9.17) is 0 Å². The zero-order valence-corrected chi connectivity index (χ0v) is 17.8. The van der Waals surface area contributed by atoms with E-state index in [-0.39, 0.29) is 17.2 Å². The summed E-state index contributed by atoms with van der Waals surface area (Å²) >= 11 is 3.51. The summed E-state index contributed by atoms with van der Waals surface area (Å²) in [5.74, 6) is 0.232. The molecule has 0 saturated carbocycles. The van der Waals surface area contributed by atoms with Crippen LogP contribution in [0.15, 0.2) is 52.1 Å². The number of ketones is 1. The van der Waals surface area contributed by atoms with Gasteiger partial charge in [-0.1, -0.05) is 41.9 Å². The van der Waals surface area contributed by atoms with Crippen LogP contribution in [-0.4, -0.2) is 5.78 Å². The number of carbonyl (C=O) groups is 1. The Morgan fingerprint density at radius 2 is 1.63 bits per heavy atom. The molecule has 1 aliphatic heterocycles. The van der Waals surface area contributed by atoms with Crippen LogP contribution in [0.5, 0.6) is 0 Å². The Bertz CT molecular complexity index is 957. The van der Waals surface area contributed by atoms with E-state index in [1.807, 2.05) is 12.1 Å². The van der Waals surface area contributed by atoms with E-state index >= 15 is 0 Å². The third kappa shape index (κ3) is 3.43. The number of benzene rings is 2. The summed E-state index contributed by atoms with van der Waals surface area (Å²) in [5.41, 5.74) is 7.59. The molecule has 0 amide bonds. The molecule has 2 N–H and O–H groups in total. The molecule has 0 bridgehead atoms. The van der Waals surface area contributed by atoms with Crippen LogP contribution in [0.4, 0.5) is 11.4 Å². The molecule has 2 aliphatic rings. The van der Waals surface area contributed by atoms with Crippen LogP contribution in [0.25, 0.3) is 0 Å². The predicted molar refractivity (Wildman–Crippen MR) is 115 cm³/mol. The van der Waals surface area contributed by atoms with Crippen molar-refractivity contribution in [2.75, 3.05) is 10.6 Å². The van der Waals surface area contributed by atoms with Gasteiger partial charge in [-0.05, 0) is 66.6 Å². The Hall–Kier alpha value is -2.07. The Morgan fingerprint density at radius 3 is 2.30 bits per heavy atom. The third-order valence-electron chi connectivity index (χ3n) is 5.63. The monoisotopic (exact) mass is 424 g/mol. The highest BCUT2D eigenvalue weighted by Crippen LogP contribution is 2.45. The van der Waals surface area contributed by atoms with Crippen molar-refractivity contribution in [1.29, 1.82) is 0 Å². The molecule has 3 nitrogen and oxygen atoms in total. The number of hydrogen-bond donors (Lipinski definition) is 2. The second-order valence-electron chi connectivity index (χ2n) is 8.57. The van der Waals surface area contributed by atoms with Crippen molar-refractivity contribution in [1.82, 2.24) is 0 Å². The SMILES string of the molecule is Cc1cc2c(cc1C)N[C@@H](c1ccc(Br)cc1)C1=C(CC(C)(C)CC1=O)N2. The zero-order valence-electron chi connectivity index (χ0n) is 16.2. The first-order valence-electron chi connectivity index (χ1n) is 9.40. The van der Waals surface area contributed by atoms with E-state index < -0.39 is 0 Å². The van der Waals surface area contributed by atoms with Crippen LogP contribution in [0.1, 0.15) is 49.4 Å². The van der Waals surface area contributed by atoms with Gasteiger partial charge in [0.05, 0.1) is 17.4 Å². The maximum atomic E-state index is 13.2. The highest BCUT2D eigenvalue weighted by Gasteiger charge is 2.38. The van der Waals surface area contributed by atoms with E-state index in [1.54, 1.807) is 0 Å². The molecular weight excluding hydrogens is 400 g/mol. The Labute approximate surface area is 169 Å². The van der Waals surface area contributed by atoms with Crippen molar-refractivity contribution in [3.05, 3.63) is 68.8 Å². The first-order valence-corrected chi connectivity index (χ1v) is 10.2. The van der Waals surface area contributed by atoms with Gasteiger partial charge in [0.25, 0.3) is 0 Å². The van der Waals surface area contributed by atoms with E-state index in [0.29, 0.717) is 6.42 Å². The molecule has 1 atom stereocenters. The minimum Gasteiger partial charge on any atom is -0.372 e. The Morgan fingerprint density at radius 1 is 1.00 bits per heavy atom. The van der Waals surface area contributed by atoms with Gasteiger partial charge in [0.15, 0.2) is 5.78 Å². The second kappa shape index (κ2) is 6.52. The van der Waals surface area contributed by atoms with Gasteiger partial charge >= 0.3 is 0 Å². The lowest BCUT2D eigenvalue weighted by molar-refractivity contribution is -0.118. The number of anilines is 2. The lowest BCUT2D eigenvalue weighted by Crippen LogP contribution is -2.31. The van der Waals surface area contributed by atoms with Crippen LogP contribution in [0, 0.1) is 19.3 Å². The number of carbonyl (C=O) groups excluding carboxylic acids is 1. The van der Waals surface area contributed by atoms with Gasteiger partial charge in [0.2, 0.25) is 0 Å². The number of halogens is 1. The second-order valence-corrected chi connectivity index (χ2v) is 9.48. The van der Waals surface area contributed by atoms with Gasteiger partial charge in [-0.3, -0.25) is 4.79 Å². The van der Waals surface area contributed by atoms with Crippen LogP contribution >= 0.6 is 15.9 Å². The molecule has 2 aromatic carbocycles. The van der Waals surface area contributed by atoms with E-state index in [2.05, 4.69) is 78.5 Å². The maximum absolute atomic E-state index is 13.2. The van der Waals surface area contributed by atoms with Crippen molar-refractivity contribution in [2.45, 2.75) is 46.6 Å². The van der Waals surface area contributed by atoms with Gasteiger partial charge in [-0.2, -0.15) is 0 Å². The van der Waals surface area contributed by atoms with Crippen LogP contribution < -0.4 is 10.6 Å². The summed E-state index contributed by atoms with van der Waals surface area (Å²) < 4.78 is 1.04. The van der Waals surface area contributed by atoms with Crippen LogP contribution in [0.3, 0.4) is 0 Å². The lowest BCUT2D eigenvalue weighted by atomic mass is 9.73. The van der Waals surface area contributed by atoms with E-state index in [9.17, 15) is 4.79 Å². The molecule has 2 aromatic rings. The van der Waals surface area contributed by atoms with E-state index in [1.165, 1.54) is 11.1 Å². The fraction of sp³-hybridized carbons (Fsp3) is 0.348. The topological polar surface area (TPSA) is 41.1 Å². The number of hydrogen-bond acceptors (Lipinski definition) is 3. The number of nitrogens with one attached hydrogen (secondary N) is 2. The van der Waals surface area contributed by atoms with Crippen LogP contribution in [-0.2, 0) is 4.79 Å². The van der Waals surface area contributed by atoms with Gasteiger partial charge in [-0.15, -0.1) is 0 Å². The molecule has 140 valence electrons. The summed E-state index contributed by atoms with van der Waals surface area (Å²) in [5, 5.41) is 7.28. The molecule has 0 unspecified atom stereocenters. The van der Waals surface area contributed by atoms with E-state index in [0.717, 1.165) is 39.1 Å². The fourth-order valence-corrected chi connectivity index (χ4v) is 4.38. The van der Waals surface area contributed by atoms with Crippen molar-refractivity contribution in [3.8, 4) is 0 Å². The molecule has 4 heteroatoms.